The number of carbonyl (C=O) groups excluding carboxylic acids is 1. The molecule has 26 heavy (non-hydrogen) atoms. The Hall–Kier alpha value is -2.80. The van der Waals surface area contributed by atoms with Crippen molar-refractivity contribution in [3.8, 4) is 0 Å². The number of amides is 1. The fourth-order valence-corrected chi connectivity index (χ4v) is 2.98. The second kappa shape index (κ2) is 7.21. The number of nitrogens with one attached hydrogen (secondary N) is 1. The molecule has 7 nitrogen and oxygen atoms in total. The van der Waals surface area contributed by atoms with Crippen molar-refractivity contribution in [2.75, 3.05) is 5.32 Å². The Morgan fingerprint density at radius 1 is 1.15 bits per heavy atom. The Bertz CT molecular complexity index is 976. The zero-order chi connectivity index (χ0) is 18.8. The van der Waals surface area contributed by atoms with Crippen LogP contribution in [0, 0.1) is 27.7 Å². The van der Waals surface area contributed by atoms with Gasteiger partial charge in [-0.05, 0) is 62.9 Å². The van der Waals surface area contributed by atoms with Gasteiger partial charge < -0.3 is 11.1 Å². The monoisotopic (exact) mass is 352 g/mol. The highest BCUT2D eigenvalue weighted by atomic mass is 16.1. The van der Waals surface area contributed by atoms with Gasteiger partial charge in [-0.15, -0.1) is 5.10 Å². The third kappa shape index (κ3) is 3.57. The van der Waals surface area contributed by atoms with Gasteiger partial charge in [0.1, 0.15) is 0 Å². The van der Waals surface area contributed by atoms with Gasteiger partial charge in [-0.25, -0.2) is 9.50 Å². The van der Waals surface area contributed by atoms with Crippen LogP contribution < -0.4 is 11.1 Å². The van der Waals surface area contributed by atoms with Gasteiger partial charge in [-0.2, -0.15) is 4.98 Å². The molecule has 3 N–H and O–H groups in total. The summed E-state index contributed by atoms with van der Waals surface area (Å²) in [5, 5.41) is 7.32. The summed E-state index contributed by atoms with van der Waals surface area (Å²) in [5.74, 6) is 1.09. The van der Waals surface area contributed by atoms with Gasteiger partial charge in [0.2, 0.25) is 5.91 Å². The van der Waals surface area contributed by atoms with E-state index in [9.17, 15) is 4.79 Å². The Labute approximate surface area is 152 Å². The van der Waals surface area contributed by atoms with Crippen LogP contribution in [0.5, 0.6) is 0 Å². The van der Waals surface area contributed by atoms with Crippen molar-refractivity contribution in [2.24, 2.45) is 5.73 Å². The average Bonchev–Trinajstić information content (AvgIpc) is 3.01. The number of carbonyl (C=O) groups is 1. The maximum Gasteiger partial charge on any atom is 0.252 e. The van der Waals surface area contributed by atoms with Crippen LogP contribution in [0.15, 0.2) is 18.2 Å². The minimum atomic E-state index is -0.0200. The summed E-state index contributed by atoms with van der Waals surface area (Å²) in [5.41, 5.74) is 11.6. The second-order valence-corrected chi connectivity index (χ2v) is 6.55. The van der Waals surface area contributed by atoms with Crippen LogP contribution >= 0.6 is 0 Å². The molecule has 0 aliphatic rings. The zero-order valence-electron chi connectivity index (χ0n) is 15.6. The van der Waals surface area contributed by atoms with E-state index in [0.717, 1.165) is 28.2 Å². The molecule has 0 spiro atoms. The topological polar surface area (TPSA) is 98.2 Å². The lowest BCUT2D eigenvalue weighted by Crippen LogP contribution is -2.14. The quantitative estimate of drug-likeness (QED) is 0.735. The number of hydrogen-bond acceptors (Lipinski definition) is 5. The summed E-state index contributed by atoms with van der Waals surface area (Å²) in [6.07, 6.45) is 0.968. The molecule has 0 saturated carbocycles. The predicted molar refractivity (Wildman–Crippen MR) is 101 cm³/mol. The minimum absolute atomic E-state index is 0.0200. The molecule has 0 saturated heterocycles. The molecule has 0 atom stereocenters. The largest absolute Gasteiger partial charge is 0.326 e. The smallest absolute Gasteiger partial charge is 0.252 e. The van der Waals surface area contributed by atoms with Crippen LogP contribution in [-0.2, 0) is 17.8 Å². The van der Waals surface area contributed by atoms with Crippen LogP contribution in [0.4, 0.5) is 5.69 Å². The summed E-state index contributed by atoms with van der Waals surface area (Å²) in [7, 11) is 0. The van der Waals surface area contributed by atoms with Crippen molar-refractivity contribution in [3.05, 3.63) is 52.1 Å². The van der Waals surface area contributed by atoms with E-state index in [2.05, 4.69) is 27.3 Å². The molecule has 136 valence electrons. The van der Waals surface area contributed by atoms with Crippen LogP contribution in [0.1, 0.15) is 40.3 Å². The first kappa shape index (κ1) is 18.0. The number of aryl methyl sites for hydroxylation is 4. The van der Waals surface area contributed by atoms with Crippen molar-refractivity contribution >= 4 is 17.4 Å². The first-order valence-corrected chi connectivity index (χ1v) is 8.68. The van der Waals surface area contributed by atoms with E-state index in [1.807, 2.05) is 39.0 Å². The number of anilines is 1. The molecular formula is C19H24N6O. The first-order valence-electron chi connectivity index (χ1n) is 8.68. The average molecular weight is 352 g/mol. The highest BCUT2D eigenvalue weighted by Crippen LogP contribution is 2.17. The summed E-state index contributed by atoms with van der Waals surface area (Å²) in [6, 6.07) is 5.92. The van der Waals surface area contributed by atoms with Gasteiger partial charge in [0, 0.05) is 23.5 Å². The highest BCUT2D eigenvalue weighted by Gasteiger charge is 2.14. The maximum atomic E-state index is 12.3. The van der Waals surface area contributed by atoms with Gasteiger partial charge >= 0.3 is 0 Å². The molecule has 3 rings (SSSR count). The Kier molecular flexibility index (Phi) is 4.99. The molecule has 0 radical (unpaired) electrons. The van der Waals surface area contributed by atoms with E-state index in [4.69, 9.17) is 5.73 Å². The number of aromatic nitrogens is 4. The molecule has 1 aromatic carbocycles. The molecule has 2 heterocycles. The molecule has 2 aromatic heterocycles. The summed E-state index contributed by atoms with van der Waals surface area (Å²) >= 11 is 0. The number of nitrogens with zero attached hydrogens (tertiary/aromatic N) is 4. The Balaban J connectivity index is 1.74. The van der Waals surface area contributed by atoms with Gasteiger partial charge in [0.25, 0.3) is 5.78 Å². The number of fused-ring (bicyclic) bond motifs is 1. The van der Waals surface area contributed by atoms with Crippen molar-refractivity contribution in [1.82, 2.24) is 19.6 Å². The molecular weight excluding hydrogens is 328 g/mol. The number of benzene rings is 1. The molecule has 7 heteroatoms. The molecule has 0 unspecified atom stereocenters. The fourth-order valence-electron chi connectivity index (χ4n) is 2.98. The van der Waals surface area contributed by atoms with Crippen molar-refractivity contribution < 1.29 is 4.79 Å². The van der Waals surface area contributed by atoms with Gasteiger partial charge in [-0.3, -0.25) is 4.79 Å². The molecule has 3 aromatic rings. The van der Waals surface area contributed by atoms with E-state index in [1.165, 1.54) is 5.56 Å². The van der Waals surface area contributed by atoms with E-state index in [-0.39, 0.29) is 12.5 Å². The lowest BCUT2D eigenvalue weighted by Gasteiger charge is -2.11. The second-order valence-electron chi connectivity index (χ2n) is 6.55. The van der Waals surface area contributed by atoms with E-state index in [0.29, 0.717) is 24.4 Å². The third-order valence-electron chi connectivity index (χ3n) is 4.67. The third-order valence-corrected chi connectivity index (χ3v) is 4.67. The number of nitrogens with two attached hydrogens (primary N) is 1. The molecule has 1 amide bonds. The summed E-state index contributed by atoms with van der Waals surface area (Å²) in [6.45, 7) is 8.26. The van der Waals surface area contributed by atoms with Crippen LogP contribution in [0.3, 0.4) is 0 Å². The molecule has 0 bridgehead atoms. The van der Waals surface area contributed by atoms with Gasteiger partial charge in [0.05, 0.1) is 6.54 Å². The summed E-state index contributed by atoms with van der Waals surface area (Å²) < 4.78 is 1.70. The maximum absolute atomic E-state index is 12.3. The fraction of sp³-hybridized carbons (Fsp3) is 0.368. The Morgan fingerprint density at radius 2 is 1.92 bits per heavy atom. The minimum Gasteiger partial charge on any atom is -0.326 e. The lowest BCUT2D eigenvalue weighted by molar-refractivity contribution is -0.116. The van der Waals surface area contributed by atoms with Crippen molar-refractivity contribution in [2.45, 2.75) is 47.1 Å². The van der Waals surface area contributed by atoms with Gasteiger partial charge in [-0.1, -0.05) is 6.07 Å². The lowest BCUT2D eigenvalue weighted by atomic mass is 10.1. The molecule has 0 fully saturated rings. The van der Waals surface area contributed by atoms with Gasteiger partial charge in [0.15, 0.2) is 5.82 Å². The SMILES string of the molecule is Cc1ccc(NC(=O)CCc2c(C)nc3nc(CN)nn3c2C)cc1C. The normalized spacial score (nSPS) is 11.1. The Morgan fingerprint density at radius 3 is 2.62 bits per heavy atom. The van der Waals surface area contributed by atoms with Crippen LogP contribution in [0.2, 0.25) is 0 Å². The summed E-state index contributed by atoms with van der Waals surface area (Å²) in [4.78, 5) is 21.1. The molecule has 0 aliphatic heterocycles. The van der Waals surface area contributed by atoms with Crippen molar-refractivity contribution in [1.29, 1.82) is 0 Å². The van der Waals surface area contributed by atoms with E-state index in [1.54, 1.807) is 4.52 Å². The zero-order valence-corrected chi connectivity index (χ0v) is 15.6. The molecule has 0 aliphatic carbocycles. The predicted octanol–water partition coefficient (Wildman–Crippen LogP) is 2.39. The van der Waals surface area contributed by atoms with E-state index >= 15 is 0 Å². The van der Waals surface area contributed by atoms with E-state index < -0.39 is 0 Å². The van der Waals surface area contributed by atoms with Crippen LogP contribution in [-0.4, -0.2) is 25.5 Å². The van der Waals surface area contributed by atoms with Crippen LogP contribution in [0.25, 0.3) is 5.78 Å². The number of hydrogen-bond donors (Lipinski definition) is 2. The first-order chi connectivity index (χ1) is 12.4. The van der Waals surface area contributed by atoms with Crippen molar-refractivity contribution in [3.63, 3.8) is 0 Å². The highest BCUT2D eigenvalue weighted by molar-refractivity contribution is 5.91. The number of rotatable bonds is 5. The standard InChI is InChI=1S/C19H24N6O/c1-11-5-6-15(9-12(11)2)22-18(26)8-7-16-13(3)21-19-23-17(10-20)24-25(19)14(16)4/h5-6,9H,7-8,10,20H2,1-4H3,(H,22,26).